The zero-order chi connectivity index (χ0) is 17.2. The van der Waals surface area contributed by atoms with E-state index in [-0.39, 0.29) is 10.8 Å². The Bertz CT molecular complexity index is 825. The first-order chi connectivity index (χ1) is 11.5. The van der Waals surface area contributed by atoms with E-state index in [1.165, 1.54) is 15.8 Å². The second-order valence-corrected chi connectivity index (χ2v) is 8.86. The van der Waals surface area contributed by atoms with Crippen molar-refractivity contribution in [3.8, 4) is 0 Å². The lowest BCUT2D eigenvalue weighted by atomic mass is 10.2. The van der Waals surface area contributed by atoms with Gasteiger partial charge in [0.2, 0.25) is 10.0 Å². The highest BCUT2D eigenvalue weighted by molar-refractivity contribution is 7.89. The fourth-order valence-electron chi connectivity index (χ4n) is 2.55. The largest absolute Gasteiger partial charge is 0.321 e. The summed E-state index contributed by atoms with van der Waals surface area (Å²) in [4.78, 5) is 12.8. The molecule has 1 N–H and O–H groups in total. The third kappa shape index (κ3) is 3.80. The van der Waals surface area contributed by atoms with Crippen LogP contribution in [0.25, 0.3) is 0 Å². The van der Waals surface area contributed by atoms with E-state index in [0.29, 0.717) is 28.7 Å². The normalized spacial score (nSPS) is 16.0. The maximum atomic E-state index is 12.6. The number of hydrogen-bond acceptors (Lipinski definition) is 4. The summed E-state index contributed by atoms with van der Waals surface area (Å²) in [7, 11) is -3.51. The molecule has 1 aromatic carbocycles. The first-order valence-corrected chi connectivity index (χ1v) is 10.3. The van der Waals surface area contributed by atoms with Crippen LogP contribution in [0, 0.1) is 0 Å². The standard InChI is InChI=1S/C16H17ClN2O3S2/c17-12-4-6-13(7-5-12)18-16(20)15-10-14(11-23-15)24(21,22)19-8-2-1-3-9-19/h4-7,10-11H,1-3,8-9H2,(H,18,20). The summed E-state index contributed by atoms with van der Waals surface area (Å²) in [5, 5.41) is 4.85. The maximum Gasteiger partial charge on any atom is 0.265 e. The van der Waals surface area contributed by atoms with Crippen molar-refractivity contribution < 1.29 is 13.2 Å². The Hall–Kier alpha value is -1.41. The first-order valence-electron chi connectivity index (χ1n) is 7.62. The van der Waals surface area contributed by atoms with Gasteiger partial charge in [0.05, 0.1) is 9.77 Å². The van der Waals surface area contributed by atoms with E-state index >= 15 is 0 Å². The molecule has 1 saturated heterocycles. The van der Waals surface area contributed by atoms with Gasteiger partial charge in [-0.25, -0.2) is 8.42 Å². The van der Waals surface area contributed by atoms with E-state index in [2.05, 4.69) is 5.32 Å². The summed E-state index contributed by atoms with van der Waals surface area (Å²) in [5.41, 5.74) is 0.609. The Balaban J connectivity index is 1.74. The van der Waals surface area contributed by atoms with E-state index in [1.54, 1.807) is 24.3 Å². The molecule has 0 radical (unpaired) electrons. The second kappa shape index (κ2) is 7.23. The van der Waals surface area contributed by atoms with Crippen molar-refractivity contribution in [3.63, 3.8) is 0 Å². The molecule has 0 atom stereocenters. The summed E-state index contributed by atoms with van der Waals surface area (Å²) < 4.78 is 26.7. The van der Waals surface area contributed by atoms with Crippen LogP contribution >= 0.6 is 22.9 Å². The molecule has 3 rings (SSSR count). The van der Waals surface area contributed by atoms with Crippen LogP contribution in [0.2, 0.25) is 5.02 Å². The summed E-state index contributed by atoms with van der Waals surface area (Å²) in [6.07, 6.45) is 2.82. The third-order valence-corrected chi connectivity index (χ3v) is 7.06. The van der Waals surface area contributed by atoms with Crippen molar-refractivity contribution in [3.05, 3.63) is 45.6 Å². The molecule has 1 aliphatic rings. The van der Waals surface area contributed by atoms with E-state index in [0.717, 1.165) is 30.6 Å². The molecule has 0 unspecified atom stereocenters. The number of halogens is 1. The van der Waals surface area contributed by atoms with Crippen molar-refractivity contribution in [2.75, 3.05) is 18.4 Å². The minimum absolute atomic E-state index is 0.190. The topological polar surface area (TPSA) is 66.5 Å². The van der Waals surface area contributed by atoms with E-state index in [9.17, 15) is 13.2 Å². The lowest BCUT2D eigenvalue weighted by Crippen LogP contribution is -2.35. The number of benzene rings is 1. The average Bonchev–Trinajstić information content (AvgIpc) is 3.09. The lowest BCUT2D eigenvalue weighted by molar-refractivity contribution is 0.103. The maximum absolute atomic E-state index is 12.6. The van der Waals surface area contributed by atoms with Gasteiger partial charge >= 0.3 is 0 Å². The Morgan fingerprint density at radius 1 is 1.12 bits per heavy atom. The molecular weight excluding hydrogens is 368 g/mol. The molecule has 1 amide bonds. The molecule has 8 heteroatoms. The van der Waals surface area contributed by atoms with E-state index in [1.807, 2.05) is 0 Å². The fourth-order valence-corrected chi connectivity index (χ4v) is 5.35. The fraction of sp³-hybridized carbons (Fsp3) is 0.312. The van der Waals surface area contributed by atoms with Crippen LogP contribution in [0.1, 0.15) is 28.9 Å². The monoisotopic (exact) mass is 384 g/mol. The Morgan fingerprint density at radius 3 is 2.46 bits per heavy atom. The lowest BCUT2D eigenvalue weighted by Gasteiger charge is -2.25. The number of carbonyl (C=O) groups is 1. The molecule has 1 aromatic heterocycles. The van der Waals surface area contributed by atoms with E-state index in [4.69, 9.17) is 11.6 Å². The predicted molar refractivity (Wildman–Crippen MR) is 96.3 cm³/mol. The minimum atomic E-state index is -3.51. The molecule has 0 spiro atoms. The molecule has 0 bridgehead atoms. The Labute approximate surface area is 150 Å². The molecule has 5 nitrogen and oxygen atoms in total. The average molecular weight is 385 g/mol. The number of amides is 1. The van der Waals surface area contributed by atoms with Crippen molar-refractivity contribution in [1.29, 1.82) is 0 Å². The van der Waals surface area contributed by atoms with Gasteiger partial charge in [-0.1, -0.05) is 18.0 Å². The number of rotatable bonds is 4. The number of piperidine rings is 1. The molecule has 0 saturated carbocycles. The van der Waals surface area contributed by atoms with Crippen LogP contribution in [0.15, 0.2) is 40.6 Å². The van der Waals surface area contributed by atoms with Crippen LogP contribution in [0.5, 0.6) is 0 Å². The van der Waals surface area contributed by atoms with E-state index < -0.39 is 10.0 Å². The van der Waals surface area contributed by atoms with Crippen LogP contribution in [0.4, 0.5) is 5.69 Å². The van der Waals surface area contributed by atoms with Gasteiger partial charge in [0.15, 0.2) is 0 Å². The number of anilines is 1. The van der Waals surface area contributed by atoms with Crippen molar-refractivity contribution in [2.45, 2.75) is 24.2 Å². The summed E-state index contributed by atoms with van der Waals surface area (Å²) in [5.74, 6) is -0.331. The highest BCUT2D eigenvalue weighted by atomic mass is 35.5. The smallest absolute Gasteiger partial charge is 0.265 e. The van der Waals surface area contributed by atoms with Gasteiger partial charge in [-0.05, 0) is 43.2 Å². The van der Waals surface area contributed by atoms with Gasteiger partial charge in [-0.3, -0.25) is 4.79 Å². The molecule has 0 aliphatic carbocycles. The summed E-state index contributed by atoms with van der Waals surface area (Å²) in [6, 6.07) is 8.19. The molecule has 2 heterocycles. The number of sulfonamides is 1. The zero-order valence-corrected chi connectivity index (χ0v) is 15.3. The summed E-state index contributed by atoms with van der Waals surface area (Å²) in [6.45, 7) is 1.09. The number of nitrogens with zero attached hydrogens (tertiary/aromatic N) is 1. The molecular formula is C16H17ClN2O3S2. The predicted octanol–water partition coefficient (Wildman–Crippen LogP) is 3.83. The zero-order valence-electron chi connectivity index (χ0n) is 12.9. The van der Waals surface area contributed by atoms with Crippen molar-refractivity contribution >= 4 is 44.6 Å². The summed E-state index contributed by atoms with van der Waals surface area (Å²) >= 11 is 6.94. The van der Waals surface area contributed by atoms with Crippen molar-refractivity contribution in [1.82, 2.24) is 4.31 Å². The van der Waals surface area contributed by atoms with Crippen LogP contribution in [-0.4, -0.2) is 31.7 Å². The van der Waals surface area contributed by atoms with Gasteiger partial charge < -0.3 is 5.32 Å². The van der Waals surface area contributed by atoms with Crippen LogP contribution in [0.3, 0.4) is 0 Å². The van der Waals surface area contributed by atoms with Gasteiger partial charge in [0.25, 0.3) is 5.91 Å². The van der Waals surface area contributed by atoms with Gasteiger partial charge in [0.1, 0.15) is 0 Å². The highest BCUT2D eigenvalue weighted by Gasteiger charge is 2.27. The Morgan fingerprint density at radius 2 is 1.79 bits per heavy atom. The first kappa shape index (κ1) is 17.4. The Kier molecular flexibility index (Phi) is 5.24. The third-order valence-electron chi connectivity index (χ3n) is 3.85. The number of hydrogen-bond donors (Lipinski definition) is 1. The SMILES string of the molecule is O=C(Nc1ccc(Cl)cc1)c1cc(S(=O)(=O)N2CCCCC2)cs1. The minimum Gasteiger partial charge on any atom is -0.321 e. The van der Waals surface area contributed by atoms with Gasteiger partial charge in [-0.2, -0.15) is 4.31 Å². The van der Waals surface area contributed by atoms with Crippen molar-refractivity contribution in [2.24, 2.45) is 0 Å². The second-order valence-electron chi connectivity index (χ2n) is 5.57. The molecule has 1 fully saturated rings. The van der Waals surface area contributed by atoms with Crippen LogP contribution < -0.4 is 5.32 Å². The molecule has 24 heavy (non-hydrogen) atoms. The number of carbonyl (C=O) groups excluding carboxylic acids is 1. The molecule has 128 valence electrons. The number of thiophene rings is 1. The van der Waals surface area contributed by atoms with Crippen LogP contribution in [-0.2, 0) is 10.0 Å². The quantitative estimate of drug-likeness (QED) is 0.871. The number of nitrogens with one attached hydrogen (secondary N) is 1. The highest BCUT2D eigenvalue weighted by Crippen LogP contribution is 2.26. The van der Waals surface area contributed by atoms with Gasteiger partial charge in [-0.15, -0.1) is 11.3 Å². The van der Waals surface area contributed by atoms with Gasteiger partial charge in [0, 0.05) is 29.2 Å². The molecule has 2 aromatic rings. The molecule has 1 aliphatic heterocycles.